The van der Waals surface area contributed by atoms with Crippen molar-refractivity contribution in [1.82, 2.24) is 14.9 Å². The van der Waals surface area contributed by atoms with E-state index in [1.165, 1.54) is 30.3 Å². The van der Waals surface area contributed by atoms with Gasteiger partial charge in [-0.05, 0) is 36.8 Å². The third-order valence-corrected chi connectivity index (χ3v) is 4.31. The summed E-state index contributed by atoms with van der Waals surface area (Å²) in [4.78, 5) is 27.9. The minimum atomic E-state index is -0.672. The topological polar surface area (TPSA) is 99.3 Å². The van der Waals surface area contributed by atoms with Gasteiger partial charge in [-0.1, -0.05) is 12.1 Å². The van der Waals surface area contributed by atoms with E-state index in [2.05, 4.69) is 10.3 Å². The Morgan fingerprint density at radius 2 is 2.03 bits per heavy atom. The number of nitro groups is 1. The predicted octanol–water partition coefficient (Wildman–Crippen LogP) is 3.39. The lowest BCUT2D eigenvalue weighted by atomic mass is 10.0. The summed E-state index contributed by atoms with van der Waals surface area (Å²) in [5.74, 6) is -0.312. The van der Waals surface area contributed by atoms with Gasteiger partial charge in [0.2, 0.25) is 0 Å². The van der Waals surface area contributed by atoms with Crippen LogP contribution in [0.2, 0.25) is 0 Å². The van der Waals surface area contributed by atoms with Gasteiger partial charge in [-0.3, -0.25) is 14.9 Å². The Labute approximate surface area is 166 Å². The lowest BCUT2D eigenvalue weighted by molar-refractivity contribution is -0.385. The Morgan fingerprint density at radius 1 is 1.31 bits per heavy atom. The van der Waals surface area contributed by atoms with E-state index < -0.39 is 22.7 Å². The zero-order valence-electron chi connectivity index (χ0n) is 15.8. The van der Waals surface area contributed by atoms with Crippen LogP contribution >= 0.6 is 0 Å². The molecule has 0 saturated carbocycles. The van der Waals surface area contributed by atoms with Crippen molar-refractivity contribution in [2.45, 2.75) is 13.0 Å². The second-order valence-corrected chi connectivity index (χ2v) is 6.23. The van der Waals surface area contributed by atoms with E-state index in [1.54, 1.807) is 43.1 Å². The van der Waals surface area contributed by atoms with E-state index in [0.717, 1.165) is 0 Å². The number of rotatable bonds is 7. The third-order valence-electron chi connectivity index (χ3n) is 4.31. The van der Waals surface area contributed by atoms with Gasteiger partial charge in [0, 0.05) is 31.1 Å². The highest BCUT2D eigenvalue weighted by Crippen LogP contribution is 2.29. The molecule has 1 atom stereocenters. The lowest BCUT2D eigenvalue weighted by Crippen LogP contribution is -2.31. The zero-order valence-corrected chi connectivity index (χ0v) is 15.8. The smallest absolute Gasteiger partial charge is 0.311 e. The number of imidazole rings is 1. The van der Waals surface area contributed by atoms with Crippen molar-refractivity contribution in [2.24, 2.45) is 7.05 Å². The molecule has 1 N–H and O–H groups in total. The number of hydrogen-bond donors (Lipinski definition) is 1. The van der Waals surface area contributed by atoms with Crippen LogP contribution in [0.15, 0.2) is 54.9 Å². The number of amides is 1. The predicted molar refractivity (Wildman–Crippen MR) is 103 cm³/mol. The summed E-state index contributed by atoms with van der Waals surface area (Å²) in [6.07, 6.45) is 3.31. The molecule has 0 bridgehead atoms. The molecule has 0 aliphatic carbocycles. The van der Waals surface area contributed by atoms with Crippen LogP contribution in [0.4, 0.5) is 10.1 Å². The van der Waals surface area contributed by atoms with Crippen LogP contribution in [0.3, 0.4) is 0 Å². The average molecular weight is 398 g/mol. The fraction of sp³-hybridized carbons (Fsp3) is 0.200. The summed E-state index contributed by atoms with van der Waals surface area (Å²) in [6, 6.07) is 9.02. The van der Waals surface area contributed by atoms with Crippen LogP contribution in [0.1, 0.15) is 34.7 Å². The molecule has 3 rings (SSSR count). The second kappa shape index (κ2) is 8.51. The van der Waals surface area contributed by atoms with Crippen LogP contribution in [0.25, 0.3) is 0 Å². The van der Waals surface area contributed by atoms with E-state index in [0.29, 0.717) is 11.4 Å². The van der Waals surface area contributed by atoms with Crippen LogP contribution in [0.5, 0.6) is 5.75 Å². The highest BCUT2D eigenvalue weighted by molar-refractivity contribution is 5.95. The van der Waals surface area contributed by atoms with Crippen molar-refractivity contribution in [3.8, 4) is 5.75 Å². The SMILES string of the molecule is CCOc1ccc(C(=O)NC(c2ccc(F)cc2)c2nccn2C)cc1[N+](=O)[O-]. The van der Waals surface area contributed by atoms with Crippen LogP contribution in [-0.2, 0) is 7.05 Å². The van der Waals surface area contributed by atoms with Crippen molar-refractivity contribution < 1.29 is 18.8 Å². The number of carbonyl (C=O) groups is 1. The average Bonchev–Trinajstić information content (AvgIpc) is 3.12. The maximum Gasteiger partial charge on any atom is 0.311 e. The molecule has 1 unspecified atom stereocenters. The Kier molecular flexibility index (Phi) is 5.87. The molecule has 150 valence electrons. The van der Waals surface area contributed by atoms with Gasteiger partial charge in [-0.2, -0.15) is 0 Å². The number of benzene rings is 2. The molecule has 8 nitrogen and oxygen atoms in total. The molecule has 0 radical (unpaired) electrons. The van der Waals surface area contributed by atoms with E-state index in [1.807, 2.05) is 0 Å². The quantitative estimate of drug-likeness (QED) is 0.486. The second-order valence-electron chi connectivity index (χ2n) is 6.23. The van der Waals surface area contributed by atoms with E-state index in [9.17, 15) is 19.3 Å². The molecule has 0 fully saturated rings. The van der Waals surface area contributed by atoms with Crippen LogP contribution < -0.4 is 10.1 Å². The van der Waals surface area contributed by atoms with Crippen molar-refractivity contribution in [3.05, 3.63) is 87.7 Å². The van der Waals surface area contributed by atoms with Crippen LogP contribution in [-0.4, -0.2) is 27.0 Å². The first-order valence-corrected chi connectivity index (χ1v) is 8.85. The summed E-state index contributed by atoms with van der Waals surface area (Å²) < 4.78 is 20.3. The molecule has 0 aliphatic rings. The van der Waals surface area contributed by atoms with Gasteiger partial charge < -0.3 is 14.6 Å². The molecule has 29 heavy (non-hydrogen) atoms. The molecule has 1 amide bonds. The minimum absolute atomic E-state index is 0.0910. The number of halogens is 1. The Morgan fingerprint density at radius 3 is 2.62 bits per heavy atom. The van der Waals surface area contributed by atoms with Gasteiger partial charge >= 0.3 is 5.69 Å². The summed E-state index contributed by atoms with van der Waals surface area (Å²) in [6.45, 7) is 1.97. The standard InChI is InChI=1S/C20H19FN4O4/c1-3-29-17-9-6-14(12-16(17)25(27)28)20(26)23-18(19-22-10-11-24(19)2)13-4-7-15(21)8-5-13/h4-12,18H,3H2,1-2H3,(H,23,26). The normalized spacial score (nSPS) is 11.7. The molecule has 1 aromatic heterocycles. The number of ether oxygens (including phenoxy) is 1. The van der Waals surface area contributed by atoms with E-state index in [-0.39, 0.29) is 23.6 Å². The van der Waals surface area contributed by atoms with Crippen molar-refractivity contribution in [1.29, 1.82) is 0 Å². The fourth-order valence-corrected chi connectivity index (χ4v) is 2.90. The first kappa shape index (κ1) is 20.0. The number of nitro benzene ring substituents is 1. The fourth-order valence-electron chi connectivity index (χ4n) is 2.90. The Hall–Kier alpha value is -3.75. The summed E-state index contributed by atoms with van der Waals surface area (Å²) in [7, 11) is 1.77. The molecule has 9 heteroatoms. The lowest BCUT2D eigenvalue weighted by Gasteiger charge is -2.19. The van der Waals surface area contributed by atoms with E-state index in [4.69, 9.17) is 4.74 Å². The molecule has 2 aromatic carbocycles. The minimum Gasteiger partial charge on any atom is -0.487 e. The largest absolute Gasteiger partial charge is 0.487 e. The molecular weight excluding hydrogens is 379 g/mol. The Bertz CT molecular complexity index is 1030. The number of hydrogen-bond acceptors (Lipinski definition) is 5. The molecule has 3 aromatic rings. The molecule has 0 spiro atoms. The van der Waals surface area contributed by atoms with Crippen LogP contribution in [0, 0.1) is 15.9 Å². The van der Waals surface area contributed by atoms with Crippen molar-refractivity contribution in [3.63, 3.8) is 0 Å². The number of aromatic nitrogens is 2. The zero-order chi connectivity index (χ0) is 21.0. The van der Waals surface area contributed by atoms with Gasteiger partial charge in [0.25, 0.3) is 5.91 Å². The Balaban J connectivity index is 1.95. The molecular formula is C20H19FN4O4. The monoisotopic (exact) mass is 398 g/mol. The highest BCUT2D eigenvalue weighted by atomic mass is 19.1. The van der Waals surface area contributed by atoms with Crippen molar-refractivity contribution >= 4 is 11.6 Å². The highest BCUT2D eigenvalue weighted by Gasteiger charge is 2.24. The number of nitrogens with zero attached hydrogens (tertiary/aromatic N) is 3. The van der Waals surface area contributed by atoms with Gasteiger partial charge in [-0.15, -0.1) is 0 Å². The first-order valence-electron chi connectivity index (χ1n) is 8.85. The maximum atomic E-state index is 13.3. The van der Waals surface area contributed by atoms with E-state index >= 15 is 0 Å². The van der Waals surface area contributed by atoms with Gasteiger partial charge in [0.15, 0.2) is 5.75 Å². The summed E-state index contributed by atoms with van der Waals surface area (Å²) in [5, 5.41) is 14.1. The first-order chi connectivity index (χ1) is 13.9. The summed E-state index contributed by atoms with van der Waals surface area (Å²) in [5.41, 5.74) is 0.422. The molecule has 0 aliphatic heterocycles. The number of aryl methyl sites for hydroxylation is 1. The van der Waals surface area contributed by atoms with Crippen molar-refractivity contribution in [2.75, 3.05) is 6.61 Å². The number of nitrogens with one attached hydrogen (secondary N) is 1. The third kappa shape index (κ3) is 4.40. The maximum absolute atomic E-state index is 13.3. The molecule has 1 heterocycles. The van der Waals surface area contributed by atoms with Gasteiger partial charge in [0.05, 0.1) is 11.5 Å². The molecule has 0 saturated heterocycles. The van der Waals surface area contributed by atoms with Gasteiger partial charge in [0.1, 0.15) is 17.7 Å². The number of carbonyl (C=O) groups excluding carboxylic acids is 1. The van der Waals surface area contributed by atoms with Gasteiger partial charge in [-0.25, -0.2) is 9.37 Å². The summed E-state index contributed by atoms with van der Waals surface area (Å²) >= 11 is 0.